The van der Waals surface area contributed by atoms with Gasteiger partial charge in [0.15, 0.2) is 6.10 Å². The number of quaternary nitrogens is 1. The second kappa shape index (κ2) is 41.1. The third kappa shape index (κ3) is 45.1. The third-order valence-electron chi connectivity index (χ3n) is 9.77. The van der Waals surface area contributed by atoms with Gasteiger partial charge < -0.3 is 18.9 Å². The zero-order valence-electron chi connectivity index (χ0n) is 38.5. The van der Waals surface area contributed by atoms with E-state index in [-0.39, 0.29) is 26.1 Å². The maximum absolute atomic E-state index is 12.7. The summed E-state index contributed by atoms with van der Waals surface area (Å²) in [4.78, 5) is 35.4. The van der Waals surface area contributed by atoms with Crippen LogP contribution in [-0.2, 0) is 32.7 Å². The maximum Gasteiger partial charge on any atom is 0.472 e. The molecule has 0 saturated heterocycles. The van der Waals surface area contributed by atoms with Crippen molar-refractivity contribution in [3.05, 3.63) is 60.8 Å². The first kappa shape index (κ1) is 56.7. The molecule has 0 saturated carbocycles. The summed E-state index contributed by atoms with van der Waals surface area (Å²) in [6, 6.07) is 0. The van der Waals surface area contributed by atoms with Crippen LogP contribution in [0.5, 0.6) is 0 Å². The van der Waals surface area contributed by atoms with E-state index >= 15 is 0 Å². The van der Waals surface area contributed by atoms with E-state index < -0.39 is 32.5 Å². The number of hydrogen-bond donors (Lipinski definition) is 1. The van der Waals surface area contributed by atoms with Gasteiger partial charge in [-0.2, -0.15) is 0 Å². The first-order valence-corrected chi connectivity index (χ1v) is 25.0. The van der Waals surface area contributed by atoms with Crippen molar-refractivity contribution >= 4 is 19.8 Å². The summed E-state index contributed by atoms with van der Waals surface area (Å²) in [5, 5.41) is 0. The Morgan fingerprint density at radius 1 is 0.525 bits per heavy atom. The van der Waals surface area contributed by atoms with Crippen molar-refractivity contribution in [2.24, 2.45) is 0 Å². The number of phosphoric ester groups is 1. The lowest BCUT2D eigenvalue weighted by Crippen LogP contribution is -2.37. The van der Waals surface area contributed by atoms with E-state index in [2.05, 4.69) is 74.6 Å². The largest absolute Gasteiger partial charge is 0.472 e. The van der Waals surface area contributed by atoms with Gasteiger partial charge in [-0.15, -0.1) is 0 Å². The number of esters is 2. The Labute approximate surface area is 362 Å². The quantitative estimate of drug-likeness (QED) is 0.0213. The van der Waals surface area contributed by atoms with Crippen molar-refractivity contribution in [1.82, 2.24) is 0 Å². The molecule has 0 aromatic heterocycles. The molecule has 1 unspecified atom stereocenters. The summed E-state index contributed by atoms with van der Waals surface area (Å²) >= 11 is 0. The second-order valence-corrected chi connectivity index (χ2v) is 18.2. The number of carbonyl (C=O) groups is 2. The second-order valence-electron chi connectivity index (χ2n) is 16.8. The predicted octanol–water partition coefficient (Wildman–Crippen LogP) is 13.6. The monoisotopic (exact) mass is 851 g/mol. The van der Waals surface area contributed by atoms with Crippen LogP contribution in [0.2, 0.25) is 0 Å². The predicted molar refractivity (Wildman–Crippen MR) is 247 cm³/mol. The molecule has 0 fully saturated rings. The minimum Gasteiger partial charge on any atom is -0.462 e. The Balaban J connectivity index is 4.44. The molecular weight excluding hydrogens is 762 g/mol. The summed E-state index contributed by atoms with van der Waals surface area (Å²) in [5.41, 5.74) is 0. The summed E-state index contributed by atoms with van der Waals surface area (Å²) in [6.45, 7) is 4.33. The number of likely N-dealkylation sites (N-methyl/N-ethyl adjacent to an activating group) is 1. The topological polar surface area (TPSA) is 108 Å². The molecule has 0 spiro atoms. The minimum atomic E-state index is -4.39. The highest BCUT2D eigenvalue weighted by molar-refractivity contribution is 7.47. The smallest absolute Gasteiger partial charge is 0.462 e. The van der Waals surface area contributed by atoms with Gasteiger partial charge in [0.25, 0.3) is 0 Å². The third-order valence-corrected chi connectivity index (χ3v) is 10.8. The van der Waals surface area contributed by atoms with E-state index in [1.165, 1.54) is 89.9 Å². The highest BCUT2D eigenvalue weighted by Crippen LogP contribution is 2.43. The molecule has 342 valence electrons. The summed E-state index contributed by atoms with van der Waals surface area (Å²) in [5.74, 6) is -0.876. The number of unbranched alkanes of at least 4 members (excludes halogenated alkanes) is 18. The van der Waals surface area contributed by atoms with Gasteiger partial charge in [0, 0.05) is 12.8 Å². The van der Waals surface area contributed by atoms with E-state index in [4.69, 9.17) is 18.5 Å². The summed E-state index contributed by atoms with van der Waals surface area (Å²) in [7, 11) is 1.43. The first-order chi connectivity index (χ1) is 28.5. The van der Waals surface area contributed by atoms with Crippen LogP contribution in [0, 0.1) is 0 Å². The van der Waals surface area contributed by atoms with Crippen molar-refractivity contribution in [2.45, 2.75) is 193 Å². The molecule has 0 aromatic carbocycles. The zero-order valence-corrected chi connectivity index (χ0v) is 39.4. The molecule has 0 aliphatic heterocycles. The molecule has 0 heterocycles. The average Bonchev–Trinajstić information content (AvgIpc) is 3.19. The molecule has 0 aliphatic carbocycles. The zero-order chi connectivity index (χ0) is 43.6. The van der Waals surface area contributed by atoms with Gasteiger partial charge >= 0.3 is 19.8 Å². The van der Waals surface area contributed by atoms with Crippen molar-refractivity contribution in [3.8, 4) is 0 Å². The Morgan fingerprint density at radius 2 is 0.932 bits per heavy atom. The van der Waals surface area contributed by atoms with Gasteiger partial charge in [0.1, 0.15) is 19.8 Å². The Bertz CT molecular complexity index is 1190. The fourth-order valence-electron chi connectivity index (χ4n) is 6.06. The van der Waals surface area contributed by atoms with Crippen LogP contribution in [0.25, 0.3) is 0 Å². The molecule has 0 aromatic rings. The number of hydrogen-bond acceptors (Lipinski definition) is 7. The van der Waals surface area contributed by atoms with Gasteiger partial charge in [-0.1, -0.05) is 158 Å². The van der Waals surface area contributed by atoms with E-state index in [9.17, 15) is 19.0 Å². The highest BCUT2D eigenvalue weighted by Gasteiger charge is 2.27. The molecule has 1 N–H and O–H groups in total. The first-order valence-electron chi connectivity index (χ1n) is 23.5. The van der Waals surface area contributed by atoms with Gasteiger partial charge in [-0.25, -0.2) is 4.57 Å². The lowest BCUT2D eigenvalue weighted by atomic mass is 10.1. The SMILES string of the molecule is CCCCCCC/C=C/CCCCCCCC(=O)OC[C@H](COP(=O)(O)OCC[N+](C)(C)C)OC(=O)CCC/C=C/C/C=C/C/C=C/C/C=C/CCCCCCCCC. The van der Waals surface area contributed by atoms with Gasteiger partial charge in [-0.05, 0) is 77.0 Å². The number of nitrogens with zero attached hydrogens (tertiary/aromatic N) is 1. The number of carbonyl (C=O) groups excluding carboxylic acids is 2. The molecule has 2 atom stereocenters. The number of phosphoric acid groups is 1. The van der Waals surface area contributed by atoms with Crippen LogP contribution in [0.3, 0.4) is 0 Å². The van der Waals surface area contributed by atoms with Gasteiger partial charge in [0.05, 0.1) is 27.7 Å². The van der Waals surface area contributed by atoms with E-state index in [1.807, 2.05) is 21.1 Å². The van der Waals surface area contributed by atoms with Crippen molar-refractivity contribution in [3.63, 3.8) is 0 Å². The maximum atomic E-state index is 12.7. The highest BCUT2D eigenvalue weighted by atomic mass is 31.2. The normalized spacial score (nSPS) is 14.1. The average molecular weight is 851 g/mol. The number of ether oxygens (including phenoxy) is 2. The molecule has 0 radical (unpaired) electrons. The van der Waals surface area contributed by atoms with Crippen LogP contribution in [0.15, 0.2) is 60.8 Å². The van der Waals surface area contributed by atoms with Crippen LogP contribution in [0.4, 0.5) is 0 Å². The van der Waals surface area contributed by atoms with Crippen LogP contribution >= 0.6 is 7.82 Å². The molecule has 9 nitrogen and oxygen atoms in total. The molecule has 0 aliphatic rings. The lowest BCUT2D eigenvalue weighted by molar-refractivity contribution is -0.870. The van der Waals surface area contributed by atoms with Crippen LogP contribution in [0.1, 0.15) is 187 Å². The molecule has 59 heavy (non-hydrogen) atoms. The van der Waals surface area contributed by atoms with Crippen molar-refractivity contribution < 1.29 is 42.1 Å². The Morgan fingerprint density at radius 3 is 1.42 bits per heavy atom. The molecule has 0 rings (SSSR count). The minimum absolute atomic E-state index is 0.0181. The van der Waals surface area contributed by atoms with E-state index in [0.29, 0.717) is 23.9 Å². The summed E-state index contributed by atoms with van der Waals surface area (Å²) < 4.78 is 34.3. The van der Waals surface area contributed by atoms with Gasteiger partial charge in [-0.3, -0.25) is 18.6 Å². The molecule has 0 amide bonds. The number of rotatable bonds is 42. The molecule has 10 heteroatoms. The van der Waals surface area contributed by atoms with Gasteiger partial charge in [0.2, 0.25) is 0 Å². The standard InChI is InChI=1S/C49H88NO8P/c1-6-8-10-12-14-16-18-20-22-23-24-25-26-27-28-30-32-34-36-38-40-42-49(52)58-47(46-57-59(53,54)56-44-43-50(3,4)5)45-55-48(51)41-39-37-35-33-31-29-21-19-17-15-13-11-9-7-2/h19,21-23,25-26,28,30,34,36,47H,6-18,20,24,27,29,31-33,35,37-46H2,1-5H3/p+1/b21-19+,23-22+,26-25+,30-28+,36-34+/t47-/m1/s1. The fraction of sp³-hybridized carbons (Fsp3) is 0.755. The lowest BCUT2D eigenvalue weighted by Gasteiger charge is -2.24. The molecule has 0 bridgehead atoms. The van der Waals surface area contributed by atoms with Crippen molar-refractivity contribution in [2.75, 3.05) is 47.5 Å². The summed E-state index contributed by atoms with van der Waals surface area (Å²) in [6.07, 6.45) is 49.9. The van der Waals surface area contributed by atoms with Crippen LogP contribution in [-0.4, -0.2) is 74.9 Å². The fourth-order valence-corrected chi connectivity index (χ4v) is 6.80. The van der Waals surface area contributed by atoms with Crippen molar-refractivity contribution in [1.29, 1.82) is 0 Å². The van der Waals surface area contributed by atoms with E-state index in [0.717, 1.165) is 57.8 Å². The van der Waals surface area contributed by atoms with E-state index in [1.54, 1.807) is 0 Å². The number of allylic oxidation sites excluding steroid dienone is 10. The Kier molecular flexibility index (Phi) is 39.5. The van der Waals surface area contributed by atoms with Crippen LogP contribution < -0.4 is 0 Å². The molecular formula is C49H89NO8P+. The Hall–Kier alpha value is -2.29.